The molecule has 1 saturated heterocycles. The monoisotopic (exact) mass is 378 g/mol. The number of nitrogens with zero attached hydrogens (tertiary/aromatic N) is 3. The Kier molecular flexibility index (Phi) is 6.40. The number of nitrogens with one attached hydrogen (secondary N) is 1. The largest absolute Gasteiger partial charge is 0.300 e. The lowest BCUT2D eigenvalue weighted by Gasteiger charge is -2.29. The molecule has 1 aromatic rings. The first kappa shape index (κ1) is 18.6. The van der Waals surface area contributed by atoms with Gasteiger partial charge in [-0.05, 0) is 19.8 Å². The van der Waals surface area contributed by atoms with Gasteiger partial charge in [0.25, 0.3) is 0 Å². The maximum Gasteiger partial charge on any atom is 0.229 e. The molecular weight excluding hydrogens is 356 g/mol. The van der Waals surface area contributed by atoms with Crippen LogP contribution in [-0.4, -0.2) is 52.9 Å². The van der Waals surface area contributed by atoms with E-state index in [1.54, 1.807) is 18.7 Å². The van der Waals surface area contributed by atoms with E-state index in [2.05, 4.69) is 29.4 Å². The summed E-state index contributed by atoms with van der Waals surface area (Å²) in [4.78, 5) is 12.3. The smallest absolute Gasteiger partial charge is 0.229 e. The molecule has 1 aliphatic heterocycles. The highest BCUT2D eigenvalue weighted by Gasteiger charge is 2.30. The maximum atomic E-state index is 12.3. The summed E-state index contributed by atoms with van der Waals surface area (Å²) in [6.07, 6.45) is 1.08. The van der Waals surface area contributed by atoms with Gasteiger partial charge in [0.15, 0.2) is 4.34 Å². The van der Waals surface area contributed by atoms with E-state index in [9.17, 15) is 13.2 Å². The molecule has 10 heteroatoms. The molecule has 0 saturated carbocycles. The Balaban J connectivity index is 1.87. The number of anilines is 1. The number of carbonyl (C=O) groups excluding carboxylic acids is 1. The summed E-state index contributed by atoms with van der Waals surface area (Å²) in [5.41, 5.74) is 0. The fourth-order valence-electron chi connectivity index (χ4n) is 2.30. The van der Waals surface area contributed by atoms with Crippen LogP contribution in [0.1, 0.15) is 33.6 Å². The first-order chi connectivity index (χ1) is 10.8. The van der Waals surface area contributed by atoms with Crippen LogP contribution < -0.4 is 5.32 Å². The van der Waals surface area contributed by atoms with Gasteiger partial charge >= 0.3 is 0 Å². The van der Waals surface area contributed by atoms with Crippen LogP contribution in [0.4, 0.5) is 5.13 Å². The summed E-state index contributed by atoms with van der Waals surface area (Å²) in [5, 5.41) is 11.7. The van der Waals surface area contributed by atoms with Gasteiger partial charge in [-0.25, -0.2) is 12.7 Å². The molecule has 0 radical (unpaired) electrons. The van der Waals surface area contributed by atoms with Gasteiger partial charge in [-0.3, -0.25) is 4.79 Å². The van der Waals surface area contributed by atoms with Crippen LogP contribution in [-0.2, 0) is 14.8 Å². The lowest BCUT2D eigenvalue weighted by Crippen LogP contribution is -2.42. The normalized spacial score (nSPS) is 17.6. The number of sulfonamides is 1. The van der Waals surface area contributed by atoms with Crippen LogP contribution in [0.3, 0.4) is 0 Å². The van der Waals surface area contributed by atoms with Gasteiger partial charge < -0.3 is 5.32 Å². The summed E-state index contributed by atoms with van der Waals surface area (Å²) < 4.78 is 25.9. The Hall–Kier alpha value is -0.710. The van der Waals surface area contributed by atoms with E-state index in [1.807, 2.05) is 0 Å². The number of aromatic nitrogens is 2. The van der Waals surface area contributed by atoms with E-state index in [1.165, 1.54) is 15.6 Å². The molecule has 1 aromatic heterocycles. The molecule has 0 atom stereocenters. The summed E-state index contributed by atoms with van der Waals surface area (Å²) in [6.45, 7) is 6.58. The third-order valence-corrected chi connectivity index (χ3v) is 7.36. The van der Waals surface area contributed by atoms with Crippen molar-refractivity contribution in [1.82, 2.24) is 14.5 Å². The SMILES string of the molecule is CCS(=O)(=O)N1CCC(C(=O)Nc2nnc(SC(C)C)s2)CC1. The fraction of sp³-hybridized carbons (Fsp3) is 0.769. The van der Waals surface area contributed by atoms with Crippen molar-refractivity contribution in [1.29, 1.82) is 0 Å². The minimum atomic E-state index is -3.16. The highest BCUT2D eigenvalue weighted by molar-refractivity contribution is 8.01. The molecule has 0 aromatic carbocycles. The number of piperidine rings is 1. The first-order valence-electron chi connectivity index (χ1n) is 7.60. The van der Waals surface area contributed by atoms with Crippen molar-refractivity contribution in [2.45, 2.75) is 43.2 Å². The third-order valence-electron chi connectivity index (χ3n) is 3.56. The number of amides is 1. The topological polar surface area (TPSA) is 92.3 Å². The minimum Gasteiger partial charge on any atom is -0.300 e. The van der Waals surface area contributed by atoms with Crippen molar-refractivity contribution in [2.24, 2.45) is 5.92 Å². The second kappa shape index (κ2) is 7.91. The number of carbonyl (C=O) groups is 1. The van der Waals surface area contributed by atoms with Gasteiger partial charge in [-0.15, -0.1) is 10.2 Å². The van der Waals surface area contributed by atoms with Gasteiger partial charge in [-0.2, -0.15) is 0 Å². The first-order valence-corrected chi connectivity index (χ1v) is 10.9. The predicted molar refractivity (Wildman–Crippen MR) is 93.3 cm³/mol. The van der Waals surface area contributed by atoms with Crippen LogP contribution in [0.15, 0.2) is 4.34 Å². The van der Waals surface area contributed by atoms with Crippen molar-refractivity contribution >= 4 is 44.2 Å². The summed E-state index contributed by atoms with van der Waals surface area (Å²) in [5.74, 6) is -0.176. The number of thioether (sulfide) groups is 1. The zero-order valence-electron chi connectivity index (χ0n) is 13.5. The van der Waals surface area contributed by atoms with Crippen molar-refractivity contribution in [3.8, 4) is 0 Å². The average Bonchev–Trinajstić information content (AvgIpc) is 2.93. The molecule has 0 spiro atoms. The van der Waals surface area contributed by atoms with E-state index < -0.39 is 10.0 Å². The quantitative estimate of drug-likeness (QED) is 0.601. The van der Waals surface area contributed by atoms with Crippen LogP contribution in [0.25, 0.3) is 0 Å². The summed E-state index contributed by atoms with van der Waals surface area (Å²) >= 11 is 2.97. The molecule has 1 fully saturated rings. The zero-order valence-corrected chi connectivity index (χ0v) is 15.9. The predicted octanol–water partition coefficient (Wildman–Crippen LogP) is 2.04. The molecule has 0 bridgehead atoms. The molecule has 23 heavy (non-hydrogen) atoms. The molecule has 1 N–H and O–H groups in total. The van der Waals surface area contributed by atoms with Crippen molar-refractivity contribution < 1.29 is 13.2 Å². The Labute approximate surface area is 145 Å². The summed E-state index contributed by atoms with van der Waals surface area (Å²) in [6, 6.07) is 0. The standard InChI is InChI=1S/C13H22N4O3S3/c1-4-23(19,20)17-7-5-10(6-8-17)11(18)14-12-15-16-13(22-12)21-9(2)3/h9-10H,4-8H2,1-3H3,(H,14,15,18). The van der Waals surface area contributed by atoms with Crippen molar-refractivity contribution in [3.63, 3.8) is 0 Å². The van der Waals surface area contributed by atoms with Gasteiger partial charge in [-0.1, -0.05) is 36.9 Å². The summed E-state index contributed by atoms with van der Waals surface area (Å²) in [7, 11) is -3.16. The van der Waals surface area contributed by atoms with Gasteiger partial charge in [0, 0.05) is 24.3 Å². The van der Waals surface area contributed by atoms with Crippen LogP contribution in [0, 0.1) is 5.92 Å². The molecule has 7 nitrogen and oxygen atoms in total. The third kappa shape index (κ3) is 5.13. The van der Waals surface area contributed by atoms with Crippen molar-refractivity contribution in [2.75, 3.05) is 24.2 Å². The number of hydrogen-bond acceptors (Lipinski definition) is 7. The Morgan fingerprint density at radius 1 is 1.39 bits per heavy atom. The molecule has 0 aliphatic carbocycles. The fourth-order valence-corrected chi connectivity index (χ4v) is 5.41. The van der Waals surface area contributed by atoms with Gasteiger partial charge in [0.1, 0.15) is 0 Å². The van der Waals surface area contributed by atoms with E-state index in [0.29, 0.717) is 36.3 Å². The highest BCUT2D eigenvalue weighted by atomic mass is 32.2. The number of rotatable bonds is 6. The van der Waals surface area contributed by atoms with E-state index in [-0.39, 0.29) is 17.6 Å². The lowest BCUT2D eigenvalue weighted by atomic mass is 9.97. The number of hydrogen-bond donors (Lipinski definition) is 1. The van der Waals surface area contributed by atoms with Crippen LogP contribution >= 0.6 is 23.1 Å². The highest BCUT2D eigenvalue weighted by Crippen LogP contribution is 2.29. The minimum absolute atomic E-state index is 0.101. The van der Waals surface area contributed by atoms with E-state index >= 15 is 0 Å². The average molecular weight is 379 g/mol. The zero-order chi connectivity index (χ0) is 17.0. The second-order valence-electron chi connectivity index (χ2n) is 5.60. The Bertz CT molecular complexity index is 637. The van der Waals surface area contributed by atoms with Crippen LogP contribution in [0.2, 0.25) is 0 Å². The van der Waals surface area contributed by atoms with Gasteiger partial charge in [0.2, 0.25) is 21.1 Å². The van der Waals surface area contributed by atoms with Gasteiger partial charge in [0.05, 0.1) is 5.75 Å². The molecule has 2 heterocycles. The Morgan fingerprint density at radius 2 is 2.04 bits per heavy atom. The van der Waals surface area contributed by atoms with Crippen LogP contribution in [0.5, 0.6) is 0 Å². The molecule has 1 aliphatic rings. The molecule has 130 valence electrons. The molecule has 0 unspecified atom stereocenters. The Morgan fingerprint density at radius 3 is 2.61 bits per heavy atom. The van der Waals surface area contributed by atoms with Crippen molar-refractivity contribution in [3.05, 3.63) is 0 Å². The lowest BCUT2D eigenvalue weighted by molar-refractivity contribution is -0.120. The van der Waals surface area contributed by atoms with E-state index in [0.717, 1.165) is 4.34 Å². The molecule has 2 rings (SSSR count). The maximum absolute atomic E-state index is 12.3. The second-order valence-corrected chi connectivity index (χ2v) is 10.7. The molecular formula is C13H22N4O3S3. The van der Waals surface area contributed by atoms with E-state index in [4.69, 9.17) is 0 Å². The molecule has 1 amide bonds.